The van der Waals surface area contributed by atoms with Crippen molar-refractivity contribution in [1.82, 2.24) is 19.5 Å². The Kier molecular flexibility index (Phi) is 2.14. The molecule has 72 valence electrons. The molecule has 0 atom stereocenters. The van der Waals surface area contributed by atoms with E-state index in [1.807, 2.05) is 23.9 Å². The highest BCUT2D eigenvalue weighted by Gasteiger charge is 2.02. The Hall–Kier alpha value is -1.91. The van der Waals surface area contributed by atoms with Crippen LogP contribution in [0.25, 0.3) is 0 Å². The van der Waals surface area contributed by atoms with Crippen LogP contribution in [0.3, 0.4) is 0 Å². The molecule has 0 aliphatic carbocycles. The zero-order valence-corrected chi connectivity index (χ0v) is 7.88. The minimum Gasteiger partial charge on any atom is -0.368 e. The average Bonchev–Trinajstić information content (AvgIpc) is 2.52. The lowest BCUT2D eigenvalue weighted by molar-refractivity contribution is 0.810. The minimum atomic E-state index is 0.303. The largest absolute Gasteiger partial charge is 0.368 e. The average molecular weight is 189 g/mol. The number of imidazole rings is 1. The van der Waals surface area contributed by atoms with Gasteiger partial charge in [-0.05, 0) is 6.07 Å². The summed E-state index contributed by atoms with van der Waals surface area (Å²) in [7, 11) is 1.95. The van der Waals surface area contributed by atoms with Crippen LogP contribution >= 0.6 is 0 Å². The number of nitrogens with two attached hydrogens (primary N) is 1. The molecule has 0 spiro atoms. The van der Waals surface area contributed by atoms with Gasteiger partial charge in [0, 0.05) is 32.1 Å². The molecule has 2 heterocycles. The van der Waals surface area contributed by atoms with Crippen molar-refractivity contribution >= 4 is 5.95 Å². The van der Waals surface area contributed by atoms with Gasteiger partial charge in [0.15, 0.2) is 0 Å². The summed E-state index contributed by atoms with van der Waals surface area (Å²) in [6.07, 6.45) is 6.00. The normalized spacial score (nSPS) is 10.4. The third-order valence-electron chi connectivity index (χ3n) is 1.99. The van der Waals surface area contributed by atoms with Crippen molar-refractivity contribution in [3.63, 3.8) is 0 Å². The fourth-order valence-corrected chi connectivity index (χ4v) is 1.24. The van der Waals surface area contributed by atoms with Crippen LogP contribution < -0.4 is 5.73 Å². The van der Waals surface area contributed by atoms with Crippen molar-refractivity contribution in [1.29, 1.82) is 0 Å². The lowest BCUT2D eigenvalue weighted by Crippen LogP contribution is -2.03. The molecule has 2 rings (SSSR count). The second-order valence-corrected chi connectivity index (χ2v) is 3.04. The van der Waals surface area contributed by atoms with E-state index >= 15 is 0 Å². The smallest absolute Gasteiger partial charge is 0.220 e. The van der Waals surface area contributed by atoms with Crippen LogP contribution in [0.15, 0.2) is 24.7 Å². The summed E-state index contributed by atoms with van der Waals surface area (Å²) in [5.41, 5.74) is 6.36. The lowest BCUT2D eigenvalue weighted by atomic mass is 10.3. The molecule has 0 aliphatic heterocycles. The van der Waals surface area contributed by atoms with Crippen LogP contribution in [-0.4, -0.2) is 19.5 Å². The number of aromatic nitrogens is 4. The molecule has 0 unspecified atom stereocenters. The molecule has 0 aliphatic rings. The van der Waals surface area contributed by atoms with Crippen LogP contribution in [0.5, 0.6) is 0 Å². The molecule has 2 aromatic heterocycles. The minimum absolute atomic E-state index is 0.303. The van der Waals surface area contributed by atoms with E-state index in [2.05, 4.69) is 15.0 Å². The highest BCUT2D eigenvalue weighted by atomic mass is 15.0. The monoisotopic (exact) mass is 189 g/mol. The van der Waals surface area contributed by atoms with Crippen LogP contribution in [-0.2, 0) is 13.5 Å². The van der Waals surface area contributed by atoms with Crippen LogP contribution in [0, 0.1) is 0 Å². The van der Waals surface area contributed by atoms with Crippen molar-refractivity contribution in [2.24, 2.45) is 7.05 Å². The zero-order valence-electron chi connectivity index (χ0n) is 7.88. The summed E-state index contributed by atoms with van der Waals surface area (Å²) in [6.45, 7) is 0. The Morgan fingerprint density at radius 2 is 2.21 bits per heavy atom. The van der Waals surface area contributed by atoms with E-state index in [-0.39, 0.29) is 0 Å². The molecular formula is C9H11N5. The fraction of sp³-hybridized carbons (Fsp3) is 0.222. The van der Waals surface area contributed by atoms with E-state index in [0.29, 0.717) is 12.4 Å². The number of hydrogen-bond acceptors (Lipinski definition) is 4. The first-order valence-electron chi connectivity index (χ1n) is 4.29. The van der Waals surface area contributed by atoms with Gasteiger partial charge in [-0.2, -0.15) is 0 Å². The fourth-order valence-electron chi connectivity index (χ4n) is 1.24. The molecule has 0 radical (unpaired) electrons. The van der Waals surface area contributed by atoms with E-state index < -0.39 is 0 Å². The van der Waals surface area contributed by atoms with Gasteiger partial charge in [-0.25, -0.2) is 15.0 Å². The van der Waals surface area contributed by atoms with Gasteiger partial charge in [0.1, 0.15) is 5.82 Å². The molecule has 0 aromatic carbocycles. The zero-order chi connectivity index (χ0) is 9.97. The third kappa shape index (κ3) is 1.71. The first-order chi connectivity index (χ1) is 6.75. The Morgan fingerprint density at radius 1 is 1.36 bits per heavy atom. The highest BCUT2D eigenvalue weighted by molar-refractivity contribution is 5.19. The molecule has 5 nitrogen and oxygen atoms in total. The maximum atomic E-state index is 5.48. The molecule has 0 fully saturated rings. The van der Waals surface area contributed by atoms with Gasteiger partial charge in [0.2, 0.25) is 5.95 Å². The van der Waals surface area contributed by atoms with Crippen molar-refractivity contribution in [2.75, 3.05) is 5.73 Å². The summed E-state index contributed by atoms with van der Waals surface area (Å²) in [5.74, 6) is 1.26. The Balaban J connectivity index is 2.23. The SMILES string of the molecule is Cn1ccnc1Cc1ccnc(N)n1. The van der Waals surface area contributed by atoms with E-state index in [1.165, 1.54) is 0 Å². The molecule has 5 heteroatoms. The van der Waals surface area contributed by atoms with Gasteiger partial charge < -0.3 is 10.3 Å². The number of aryl methyl sites for hydroxylation is 1. The predicted molar refractivity (Wildman–Crippen MR) is 52.5 cm³/mol. The molecule has 0 bridgehead atoms. The van der Waals surface area contributed by atoms with Gasteiger partial charge >= 0.3 is 0 Å². The van der Waals surface area contributed by atoms with Gasteiger partial charge in [-0.1, -0.05) is 0 Å². The van der Waals surface area contributed by atoms with Crippen molar-refractivity contribution in [3.05, 3.63) is 36.2 Å². The molecule has 2 N–H and O–H groups in total. The number of nitrogens with zero attached hydrogens (tertiary/aromatic N) is 4. The van der Waals surface area contributed by atoms with Crippen LogP contribution in [0.2, 0.25) is 0 Å². The second-order valence-electron chi connectivity index (χ2n) is 3.04. The molecule has 0 saturated carbocycles. The summed E-state index contributed by atoms with van der Waals surface area (Å²) in [6, 6.07) is 1.84. The second kappa shape index (κ2) is 3.45. The Bertz CT molecular complexity index is 434. The lowest BCUT2D eigenvalue weighted by Gasteiger charge is -2.01. The first kappa shape index (κ1) is 8.68. The Morgan fingerprint density at radius 3 is 2.86 bits per heavy atom. The van der Waals surface area contributed by atoms with E-state index in [1.54, 1.807) is 12.4 Å². The molecular weight excluding hydrogens is 178 g/mol. The van der Waals surface area contributed by atoms with Gasteiger partial charge in [0.05, 0.1) is 5.69 Å². The molecule has 0 saturated heterocycles. The maximum Gasteiger partial charge on any atom is 0.220 e. The van der Waals surface area contributed by atoms with Gasteiger partial charge in [-0.3, -0.25) is 0 Å². The molecule has 0 amide bonds. The number of hydrogen-bond donors (Lipinski definition) is 1. The summed E-state index contributed by atoms with van der Waals surface area (Å²) < 4.78 is 1.96. The summed E-state index contributed by atoms with van der Waals surface area (Å²) in [4.78, 5) is 12.1. The van der Waals surface area contributed by atoms with E-state index in [9.17, 15) is 0 Å². The molecule has 14 heavy (non-hydrogen) atoms. The summed E-state index contributed by atoms with van der Waals surface area (Å²) >= 11 is 0. The van der Waals surface area contributed by atoms with Crippen molar-refractivity contribution in [2.45, 2.75) is 6.42 Å². The van der Waals surface area contributed by atoms with E-state index in [0.717, 1.165) is 11.5 Å². The first-order valence-corrected chi connectivity index (χ1v) is 4.29. The molecule has 2 aromatic rings. The third-order valence-corrected chi connectivity index (χ3v) is 1.99. The van der Waals surface area contributed by atoms with Crippen molar-refractivity contribution < 1.29 is 0 Å². The standard InChI is InChI=1S/C9H11N5/c1-14-5-4-11-8(14)6-7-2-3-12-9(10)13-7/h2-5H,6H2,1H3,(H2,10,12,13). The number of nitrogen functional groups attached to an aromatic ring is 1. The van der Waals surface area contributed by atoms with Gasteiger partial charge in [0.25, 0.3) is 0 Å². The van der Waals surface area contributed by atoms with Gasteiger partial charge in [-0.15, -0.1) is 0 Å². The highest BCUT2D eigenvalue weighted by Crippen LogP contribution is 2.04. The number of anilines is 1. The van der Waals surface area contributed by atoms with Crippen molar-refractivity contribution in [3.8, 4) is 0 Å². The summed E-state index contributed by atoms with van der Waals surface area (Å²) in [5, 5.41) is 0. The maximum absolute atomic E-state index is 5.48. The van der Waals surface area contributed by atoms with E-state index in [4.69, 9.17) is 5.73 Å². The topological polar surface area (TPSA) is 69.6 Å². The Labute approximate surface area is 81.6 Å². The van der Waals surface area contributed by atoms with Crippen LogP contribution in [0.4, 0.5) is 5.95 Å². The quantitative estimate of drug-likeness (QED) is 0.741. The number of rotatable bonds is 2. The predicted octanol–water partition coefficient (Wildman–Crippen LogP) is 0.383. The van der Waals surface area contributed by atoms with Crippen LogP contribution in [0.1, 0.15) is 11.5 Å².